The first-order valence-corrected chi connectivity index (χ1v) is 9.81. The summed E-state index contributed by atoms with van der Waals surface area (Å²) in [6, 6.07) is 13.7. The van der Waals surface area contributed by atoms with Crippen molar-refractivity contribution < 1.29 is 14.0 Å². The Labute approximate surface area is 164 Å². The molecule has 146 valence electrons. The van der Waals surface area contributed by atoms with Crippen molar-refractivity contribution in [3.63, 3.8) is 0 Å². The summed E-state index contributed by atoms with van der Waals surface area (Å²) in [5.41, 5.74) is 2.07. The summed E-state index contributed by atoms with van der Waals surface area (Å²) in [5.74, 6) is -0.578. The third-order valence-corrected chi connectivity index (χ3v) is 5.51. The van der Waals surface area contributed by atoms with Crippen LogP contribution in [0.15, 0.2) is 48.5 Å². The van der Waals surface area contributed by atoms with Crippen LogP contribution >= 0.6 is 0 Å². The maximum absolute atomic E-state index is 13.1. The minimum atomic E-state index is -0.214. The van der Waals surface area contributed by atoms with Crippen LogP contribution in [0.4, 0.5) is 10.1 Å². The van der Waals surface area contributed by atoms with Crippen LogP contribution in [-0.4, -0.2) is 60.9 Å². The van der Waals surface area contributed by atoms with Crippen LogP contribution in [0.3, 0.4) is 0 Å². The molecule has 5 nitrogen and oxygen atoms in total. The molecular formula is C22H24FN3O2. The van der Waals surface area contributed by atoms with Gasteiger partial charge in [0.25, 0.3) is 11.8 Å². The van der Waals surface area contributed by atoms with Gasteiger partial charge in [0, 0.05) is 31.9 Å². The van der Waals surface area contributed by atoms with Crippen molar-refractivity contribution in [2.24, 2.45) is 0 Å². The van der Waals surface area contributed by atoms with Crippen LogP contribution in [-0.2, 0) is 0 Å². The first-order chi connectivity index (χ1) is 13.6. The van der Waals surface area contributed by atoms with Crippen LogP contribution in [0.5, 0.6) is 0 Å². The molecule has 0 saturated carbocycles. The van der Waals surface area contributed by atoms with Gasteiger partial charge in [-0.1, -0.05) is 12.1 Å². The predicted octanol–water partition coefficient (Wildman–Crippen LogP) is 3.02. The Bertz CT molecular complexity index is 833. The minimum Gasteiger partial charge on any atom is -0.370 e. The average molecular weight is 381 g/mol. The van der Waals surface area contributed by atoms with Gasteiger partial charge < -0.3 is 9.80 Å². The van der Waals surface area contributed by atoms with E-state index in [2.05, 4.69) is 9.80 Å². The van der Waals surface area contributed by atoms with Crippen molar-refractivity contribution in [3.05, 3.63) is 65.5 Å². The molecule has 0 N–H and O–H groups in total. The second-order valence-electron chi connectivity index (χ2n) is 7.32. The van der Waals surface area contributed by atoms with Crippen LogP contribution in [0, 0.1) is 5.82 Å². The molecule has 0 aliphatic carbocycles. The molecule has 4 rings (SSSR count). The third-order valence-electron chi connectivity index (χ3n) is 5.51. The fourth-order valence-corrected chi connectivity index (χ4v) is 4.00. The van der Waals surface area contributed by atoms with E-state index in [1.54, 1.807) is 24.3 Å². The second kappa shape index (κ2) is 8.10. The molecule has 0 bridgehead atoms. The molecule has 2 aliphatic heterocycles. The monoisotopic (exact) mass is 381 g/mol. The molecular weight excluding hydrogens is 357 g/mol. The fourth-order valence-electron chi connectivity index (χ4n) is 4.00. The van der Waals surface area contributed by atoms with E-state index < -0.39 is 0 Å². The summed E-state index contributed by atoms with van der Waals surface area (Å²) in [6.45, 7) is 5.04. The minimum absolute atomic E-state index is 0.182. The lowest BCUT2D eigenvalue weighted by Crippen LogP contribution is -2.35. The van der Waals surface area contributed by atoms with Gasteiger partial charge in [0.1, 0.15) is 5.82 Å². The van der Waals surface area contributed by atoms with Crippen molar-refractivity contribution in [1.82, 2.24) is 9.80 Å². The molecule has 0 atom stereocenters. The summed E-state index contributed by atoms with van der Waals surface area (Å²) < 4.78 is 13.1. The fraction of sp³-hybridized carbons (Fsp3) is 0.364. The number of hydrogen-bond donors (Lipinski definition) is 0. The Hall–Kier alpha value is -2.73. The van der Waals surface area contributed by atoms with Crippen molar-refractivity contribution >= 4 is 17.5 Å². The van der Waals surface area contributed by atoms with Gasteiger partial charge in [-0.3, -0.25) is 14.5 Å². The molecule has 2 heterocycles. The van der Waals surface area contributed by atoms with Gasteiger partial charge in [0.05, 0.1) is 11.1 Å². The Morgan fingerprint density at radius 3 is 2.14 bits per heavy atom. The number of anilines is 1. The Balaban J connectivity index is 1.28. The number of benzene rings is 2. The number of nitrogens with zero attached hydrogens (tertiary/aromatic N) is 3. The predicted molar refractivity (Wildman–Crippen MR) is 106 cm³/mol. The van der Waals surface area contributed by atoms with Gasteiger partial charge in [-0.2, -0.15) is 0 Å². The summed E-state index contributed by atoms with van der Waals surface area (Å²) in [4.78, 5) is 30.9. The Kier molecular flexibility index (Phi) is 5.39. The molecule has 1 fully saturated rings. The standard InChI is InChI=1S/C22H24FN3O2/c23-17-7-9-18(10-8-17)25-13-3-11-24(15-16-25)12-4-14-26-21(27)19-5-1-2-6-20(19)22(26)28/h1-2,5-10H,3-4,11-16H2. The highest BCUT2D eigenvalue weighted by atomic mass is 19.1. The van der Waals surface area contributed by atoms with Crippen molar-refractivity contribution in [2.75, 3.05) is 44.2 Å². The smallest absolute Gasteiger partial charge is 0.261 e. The molecule has 0 radical (unpaired) electrons. The number of halogens is 1. The number of amides is 2. The normalized spacial score (nSPS) is 17.8. The highest BCUT2D eigenvalue weighted by Gasteiger charge is 2.34. The van der Waals surface area contributed by atoms with E-state index >= 15 is 0 Å². The van der Waals surface area contributed by atoms with E-state index in [1.807, 2.05) is 12.1 Å². The molecule has 28 heavy (non-hydrogen) atoms. The van der Waals surface area contributed by atoms with Crippen LogP contribution in [0.1, 0.15) is 33.6 Å². The van der Waals surface area contributed by atoms with Gasteiger partial charge in [-0.25, -0.2) is 4.39 Å². The number of fused-ring (bicyclic) bond motifs is 1. The molecule has 0 unspecified atom stereocenters. The van der Waals surface area contributed by atoms with Crippen molar-refractivity contribution in [1.29, 1.82) is 0 Å². The molecule has 0 spiro atoms. The van der Waals surface area contributed by atoms with Crippen LogP contribution in [0.25, 0.3) is 0 Å². The first-order valence-electron chi connectivity index (χ1n) is 9.81. The molecule has 1 saturated heterocycles. The summed E-state index contributed by atoms with van der Waals surface area (Å²) in [7, 11) is 0. The van der Waals surface area contributed by atoms with E-state index in [-0.39, 0.29) is 17.6 Å². The Morgan fingerprint density at radius 1 is 0.786 bits per heavy atom. The highest BCUT2D eigenvalue weighted by molar-refractivity contribution is 6.21. The lowest BCUT2D eigenvalue weighted by Gasteiger charge is -2.24. The molecule has 2 aliphatic rings. The van der Waals surface area contributed by atoms with Crippen LogP contribution < -0.4 is 4.90 Å². The number of rotatable bonds is 5. The largest absolute Gasteiger partial charge is 0.370 e. The maximum Gasteiger partial charge on any atom is 0.261 e. The lowest BCUT2D eigenvalue weighted by molar-refractivity contribution is 0.0647. The van der Waals surface area contributed by atoms with Gasteiger partial charge >= 0.3 is 0 Å². The third kappa shape index (κ3) is 3.78. The summed E-state index contributed by atoms with van der Waals surface area (Å²) in [6.07, 6.45) is 1.80. The molecule has 2 aromatic rings. The number of carbonyl (C=O) groups is 2. The lowest BCUT2D eigenvalue weighted by atomic mass is 10.1. The second-order valence-corrected chi connectivity index (χ2v) is 7.32. The zero-order valence-electron chi connectivity index (χ0n) is 15.8. The highest BCUT2D eigenvalue weighted by Crippen LogP contribution is 2.22. The maximum atomic E-state index is 13.1. The number of imide groups is 1. The van der Waals surface area contributed by atoms with Crippen LogP contribution in [0.2, 0.25) is 0 Å². The van der Waals surface area contributed by atoms with Crippen molar-refractivity contribution in [3.8, 4) is 0 Å². The molecule has 6 heteroatoms. The van der Waals surface area contributed by atoms with Gasteiger partial charge in [0.2, 0.25) is 0 Å². The van der Waals surface area contributed by atoms with Crippen molar-refractivity contribution in [2.45, 2.75) is 12.8 Å². The van der Waals surface area contributed by atoms with E-state index in [0.717, 1.165) is 51.3 Å². The molecule has 0 aromatic heterocycles. The van der Waals surface area contributed by atoms with Gasteiger partial charge in [-0.05, 0) is 62.3 Å². The SMILES string of the molecule is O=C1c2ccccc2C(=O)N1CCCN1CCCN(c2ccc(F)cc2)CC1. The summed E-state index contributed by atoms with van der Waals surface area (Å²) >= 11 is 0. The Morgan fingerprint density at radius 2 is 1.46 bits per heavy atom. The number of carbonyl (C=O) groups excluding carboxylic acids is 2. The van der Waals surface area contributed by atoms with E-state index in [9.17, 15) is 14.0 Å². The van der Waals surface area contributed by atoms with Gasteiger partial charge in [-0.15, -0.1) is 0 Å². The van der Waals surface area contributed by atoms with E-state index in [4.69, 9.17) is 0 Å². The average Bonchev–Trinajstić information content (AvgIpc) is 2.87. The molecule has 2 amide bonds. The topological polar surface area (TPSA) is 43.9 Å². The van der Waals surface area contributed by atoms with E-state index in [1.165, 1.54) is 17.0 Å². The summed E-state index contributed by atoms with van der Waals surface area (Å²) in [5, 5.41) is 0. The zero-order chi connectivity index (χ0) is 19.5. The first kappa shape index (κ1) is 18.6. The number of hydrogen-bond acceptors (Lipinski definition) is 4. The quantitative estimate of drug-likeness (QED) is 0.747. The zero-order valence-corrected chi connectivity index (χ0v) is 15.8. The molecule has 2 aromatic carbocycles. The van der Waals surface area contributed by atoms with Gasteiger partial charge in [0.15, 0.2) is 0 Å². The van der Waals surface area contributed by atoms with E-state index in [0.29, 0.717) is 17.7 Å².